The van der Waals surface area contributed by atoms with E-state index in [1.807, 2.05) is 72.8 Å². The van der Waals surface area contributed by atoms with E-state index in [9.17, 15) is 9.59 Å². The predicted molar refractivity (Wildman–Crippen MR) is 197 cm³/mol. The molecule has 0 saturated heterocycles. The van der Waals surface area contributed by atoms with Gasteiger partial charge in [-0.25, -0.2) is 0 Å². The van der Waals surface area contributed by atoms with Crippen LogP contribution in [0.4, 0.5) is 11.4 Å². The average Bonchev–Trinajstić information content (AvgIpc) is 2.97. The van der Waals surface area contributed by atoms with Gasteiger partial charge in [0.15, 0.2) is 11.6 Å². The van der Waals surface area contributed by atoms with E-state index in [-0.39, 0.29) is 33.2 Å². The van der Waals surface area contributed by atoms with Crippen LogP contribution in [-0.4, -0.2) is 11.6 Å². The summed E-state index contributed by atoms with van der Waals surface area (Å²) < 4.78 is 0. The van der Waals surface area contributed by atoms with Crippen molar-refractivity contribution in [1.82, 2.24) is 0 Å². The number of allylic oxidation sites excluding steroid dienone is 10. The van der Waals surface area contributed by atoms with Crippen LogP contribution in [0.25, 0.3) is 11.1 Å². The molecule has 2 aliphatic carbocycles. The second-order valence-corrected chi connectivity index (χ2v) is 16.6. The zero-order valence-corrected chi connectivity index (χ0v) is 30.7. The zero-order chi connectivity index (χ0) is 35.7. The molecule has 0 bridgehead atoms. The Kier molecular flexibility index (Phi) is 10.2. The highest BCUT2D eigenvalue weighted by molar-refractivity contribution is 6.12. The van der Waals surface area contributed by atoms with Crippen molar-refractivity contribution in [2.75, 3.05) is 0 Å². The highest BCUT2D eigenvalue weighted by Gasteiger charge is 2.35. The molecule has 48 heavy (non-hydrogen) atoms. The van der Waals surface area contributed by atoms with Gasteiger partial charge in [-0.05, 0) is 80.9 Å². The lowest BCUT2D eigenvalue weighted by Gasteiger charge is -2.31. The van der Waals surface area contributed by atoms with Crippen LogP contribution in [-0.2, 0) is 9.59 Å². The number of carbonyl (C=O) groups excluding carboxylic acids is 2. The number of hydrogen-bond donors (Lipinski definition) is 0. The molecule has 0 amide bonds. The van der Waals surface area contributed by atoms with Gasteiger partial charge < -0.3 is 0 Å². The highest BCUT2D eigenvalue weighted by Crippen LogP contribution is 2.40. The summed E-state index contributed by atoms with van der Waals surface area (Å²) in [4.78, 5) is 26.5. The molecule has 250 valence electrons. The van der Waals surface area contributed by atoms with E-state index < -0.39 is 0 Å². The van der Waals surface area contributed by atoms with Crippen molar-refractivity contribution in [2.45, 2.75) is 83.1 Å². The first kappa shape index (κ1) is 36.3. The van der Waals surface area contributed by atoms with Crippen molar-refractivity contribution in [3.63, 3.8) is 0 Å². The van der Waals surface area contributed by atoms with E-state index in [4.69, 9.17) is 0 Å². The molecule has 6 heteroatoms. The SMILES string of the molecule is CC(C)(C)C1=CC(=CN=Nc2ccc(-c3ccccc3N=NC=C3C=C(C(C)(C)C)C(=O)C(C(C)(C)C)=C3)cc2)C=C(C(C)(C)C)C1=O. The predicted octanol–water partition coefficient (Wildman–Crippen LogP) is 12.3. The van der Waals surface area contributed by atoms with Crippen LogP contribution in [0.3, 0.4) is 0 Å². The first-order chi connectivity index (χ1) is 22.2. The Morgan fingerprint density at radius 3 is 1.25 bits per heavy atom. The Balaban J connectivity index is 1.58. The lowest BCUT2D eigenvalue weighted by atomic mass is 9.72. The number of hydrogen-bond acceptors (Lipinski definition) is 6. The van der Waals surface area contributed by atoms with Gasteiger partial charge in [0.25, 0.3) is 0 Å². The molecule has 0 fully saturated rings. The summed E-state index contributed by atoms with van der Waals surface area (Å²) in [5.74, 6) is 0.192. The van der Waals surface area contributed by atoms with Crippen molar-refractivity contribution in [2.24, 2.45) is 42.1 Å². The standard InChI is InChI=1S/C42H50N4O2/c1-39(2,3)32-21-27(22-33(37(32)47)40(4,5)6)25-43-45-30-19-17-29(18-20-30)31-15-13-14-16-36(31)46-44-26-28-23-34(41(7,8)9)38(48)35(24-28)42(10,11)12/h13-26H,1-12H3. The third-order valence-corrected chi connectivity index (χ3v) is 8.29. The molecule has 0 spiro atoms. The number of Topliss-reactive ketones (excluding diaryl/α,β-unsaturated/α-hetero) is 2. The highest BCUT2D eigenvalue weighted by atomic mass is 16.1. The maximum Gasteiger partial charge on any atom is 0.186 e. The van der Waals surface area contributed by atoms with Crippen LogP contribution in [0.15, 0.2) is 139 Å². The molecule has 0 unspecified atom stereocenters. The number of benzene rings is 2. The van der Waals surface area contributed by atoms with Crippen LogP contribution in [0, 0.1) is 21.7 Å². The lowest BCUT2D eigenvalue weighted by molar-refractivity contribution is -0.114. The number of nitrogens with zero attached hydrogens (tertiary/aromatic N) is 4. The lowest BCUT2D eigenvalue weighted by Crippen LogP contribution is -2.27. The summed E-state index contributed by atoms with van der Waals surface area (Å²) in [5, 5.41) is 17.8. The molecule has 0 heterocycles. The minimum Gasteiger partial charge on any atom is -0.289 e. The topological polar surface area (TPSA) is 83.6 Å². The fourth-order valence-corrected chi connectivity index (χ4v) is 5.51. The Hall–Kier alpha value is -4.58. The second-order valence-electron chi connectivity index (χ2n) is 16.6. The number of carbonyl (C=O) groups is 2. The van der Waals surface area contributed by atoms with Gasteiger partial charge in [0.2, 0.25) is 0 Å². The fourth-order valence-electron chi connectivity index (χ4n) is 5.51. The van der Waals surface area contributed by atoms with Gasteiger partial charge in [-0.3, -0.25) is 9.59 Å². The van der Waals surface area contributed by atoms with Crippen LogP contribution in [0.2, 0.25) is 0 Å². The van der Waals surface area contributed by atoms with Crippen molar-refractivity contribution < 1.29 is 9.59 Å². The summed E-state index contributed by atoms with van der Waals surface area (Å²) in [6, 6.07) is 15.7. The van der Waals surface area contributed by atoms with Gasteiger partial charge in [0.1, 0.15) is 0 Å². The van der Waals surface area contributed by atoms with E-state index in [1.54, 1.807) is 12.4 Å². The summed E-state index contributed by atoms with van der Waals surface area (Å²) >= 11 is 0. The average molecular weight is 643 g/mol. The molecule has 2 aliphatic rings. The van der Waals surface area contributed by atoms with Crippen LogP contribution in [0.1, 0.15) is 83.1 Å². The quantitative estimate of drug-likeness (QED) is 0.304. The van der Waals surface area contributed by atoms with Crippen LogP contribution < -0.4 is 0 Å². The molecule has 0 radical (unpaired) electrons. The number of azo groups is 2. The van der Waals surface area contributed by atoms with Crippen LogP contribution in [0.5, 0.6) is 0 Å². The minimum atomic E-state index is -0.288. The van der Waals surface area contributed by atoms with Gasteiger partial charge in [-0.2, -0.15) is 20.5 Å². The number of rotatable bonds is 5. The van der Waals surface area contributed by atoms with Gasteiger partial charge in [0, 0.05) is 27.9 Å². The third kappa shape index (κ3) is 8.66. The molecular formula is C42H50N4O2. The molecule has 2 aromatic rings. The molecule has 2 aromatic carbocycles. The number of ketones is 2. The maximum absolute atomic E-state index is 13.3. The Labute approximate surface area is 287 Å². The molecule has 4 rings (SSSR count). The van der Waals surface area contributed by atoms with Gasteiger partial charge in [-0.15, -0.1) is 0 Å². The zero-order valence-electron chi connectivity index (χ0n) is 30.7. The van der Waals surface area contributed by atoms with Gasteiger partial charge in [-0.1, -0.05) is 113 Å². The Morgan fingerprint density at radius 2 is 0.854 bits per heavy atom. The van der Waals surface area contributed by atoms with E-state index in [0.29, 0.717) is 5.69 Å². The summed E-state index contributed by atoms with van der Waals surface area (Å²) in [6.07, 6.45) is 11.1. The van der Waals surface area contributed by atoms with Gasteiger partial charge in [0.05, 0.1) is 23.8 Å². The third-order valence-electron chi connectivity index (χ3n) is 8.29. The van der Waals surface area contributed by atoms with E-state index in [2.05, 4.69) is 104 Å². The van der Waals surface area contributed by atoms with E-state index in [1.165, 1.54) is 0 Å². The summed E-state index contributed by atoms with van der Waals surface area (Å²) in [6.45, 7) is 24.7. The van der Waals surface area contributed by atoms with Crippen molar-refractivity contribution in [3.05, 3.63) is 119 Å². The first-order valence-corrected chi connectivity index (χ1v) is 16.6. The molecule has 0 N–H and O–H groups in total. The Bertz CT molecular complexity index is 1770. The van der Waals surface area contributed by atoms with Gasteiger partial charge >= 0.3 is 0 Å². The minimum absolute atomic E-state index is 0.0950. The van der Waals surface area contributed by atoms with Crippen molar-refractivity contribution in [1.29, 1.82) is 0 Å². The fraction of sp³-hybridized carbons (Fsp3) is 0.381. The first-order valence-electron chi connectivity index (χ1n) is 16.6. The molecule has 0 aromatic heterocycles. The Morgan fingerprint density at radius 1 is 0.479 bits per heavy atom. The van der Waals surface area contributed by atoms with E-state index >= 15 is 0 Å². The van der Waals surface area contributed by atoms with E-state index in [0.717, 1.165) is 50.3 Å². The summed E-state index contributed by atoms with van der Waals surface area (Å²) in [5.41, 5.74) is 7.03. The molecule has 0 atom stereocenters. The summed E-state index contributed by atoms with van der Waals surface area (Å²) in [7, 11) is 0. The normalized spacial score (nSPS) is 16.7. The van der Waals surface area contributed by atoms with Crippen molar-refractivity contribution in [3.8, 4) is 11.1 Å². The van der Waals surface area contributed by atoms with Crippen molar-refractivity contribution >= 4 is 22.9 Å². The molecular weight excluding hydrogens is 592 g/mol. The smallest absolute Gasteiger partial charge is 0.186 e. The second kappa shape index (κ2) is 13.5. The largest absolute Gasteiger partial charge is 0.289 e. The molecule has 0 aliphatic heterocycles. The monoisotopic (exact) mass is 642 g/mol. The van der Waals surface area contributed by atoms with Crippen LogP contribution >= 0.6 is 0 Å². The maximum atomic E-state index is 13.3. The molecule has 0 saturated carbocycles. The molecule has 6 nitrogen and oxygen atoms in total.